The summed E-state index contributed by atoms with van der Waals surface area (Å²) in [5.41, 5.74) is -0.303. The Hall–Kier alpha value is -2.70. The molecule has 2 aromatic carbocycles. The number of methoxy groups -OCH3 is 1. The van der Waals surface area contributed by atoms with Gasteiger partial charge in [0, 0.05) is 5.69 Å². The third-order valence-electron chi connectivity index (χ3n) is 3.20. The molecule has 128 valence electrons. The van der Waals surface area contributed by atoms with E-state index in [9.17, 15) is 18.0 Å². The molecule has 0 aromatic heterocycles. The van der Waals surface area contributed by atoms with Gasteiger partial charge in [-0.2, -0.15) is 13.2 Å². The molecule has 0 aliphatic heterocycles. The first kappa shape index (κ1) is 17.7. The topological polar surface area (TPSA) is 47.6 Å². The number of carbonyl (C=O) groups excluding carboxylic acids is 1. The average molecular weight is 339 g/mol. The summed E-state index contributed by atoms with van der Waals surface area (Å²) in [6, 6.07) is 11.0. The number of hydrogen-bond donors (Lipinski definition) is 1. The lowest BCUT2D eigenvalue weighted by Crippen LogP contribution is -2.30. The van der Waals surface area contributed by atoms with E-state index in [1.807, 2.05) is 0 Å². The second kappa shape index (κ2) is 7.25. The highest BCUT2D eigenvalue weighted by Gasteiger charge is 2.30. The molecular formula is C17H16F3NO3. The van der Waals surface area contributed by atoms with Crippen molar-refractivity contribution in [1.82, 2.24) is 0 Å². The summed E-state index contributed by atoms with van der Waals surface area (Å²) in [6.45, 7) is 1.46. The predicted molar refractivity (Wildman–Crippen MR) is 83.2 cm³/mol. The van der Waals surface area contributed by atoms with Crippen LogP contribution < -0.4 is 14.8 Å². The normalized spacial score (nSPS) is 12.4. The molecule has 0 spiro atoms. The van der Waals surface area contributed by atoms with Crippen molar-refractivity contribution in [2.24, 2.45) is 0 Å². The van der Waals surface area contributed by atoms with Crippen molar-refractivity contribution in [1.29, 1.82) is 0 Å². The van der Waals surface area contributed by atoms with Crippen LogP contribution in [0.15, 0.2) is 48.5 Å². The number of rotatable bonds is 5. The molecule has 24 heavy (non-hydrogen) atoms. The van der Waals surface area contributed by atoms with E-state index in [0.29, 0.717) is 11.4 Å². The van der Waals surface area contributed by atoms with Gasteiger partial charge in [-0.15, -0.1) is 0 Å². The van der Waals surface area contributed by atoms with Gasteiger partial charge in [0.2, 0.25) is 0 Å². The fourth-order valence-electron chi connectivity index (χ4n) is 1.92. The summed E-state index contributed by atoms with van der Waals surface area (Å²) < 4.78 is 48.3. The maximum Gasteiger partial charge on any atom is 0.416 e. The molecule has 0 saturated carbocycles. The highest BCUT2D eigenvalue weighted by Crippen LogP contribution is 2.31. The van der Waals surface area contributed by atoms with Gasteiger partial charge in [-0.1, -0.05) is 6.07 Å². The minimum absolute atomic E-state index is 0.0257. The second-order valence-corrected chi connectivity index (χ2v) is 5.00. The SMILES string of the molecule is COc1ccc(NC(=O)C(C)Oc2cccc(C(F)(F)F)c2)cc1. The molecule has 0 saturated heterocycles. The third-order valence-corrected chi connectivity index (χ3v) is 3.20. The van der Waals surface area contributed by atoms with Crippen molar-refractivity contribution < 1.29 is 27.4 Å². The Morgan fingerprint density at radius 2 is 1.75 bits per heavy atom. The fourth-order valence-corrected chi connectivity index (χ4v) is 1.92. The van der Waals surface area contributed by atoms with E-state index in [1.165, 1.54) is 26.2 Å². The van der Waals surface area contributed by atoms with E-state index >= 15 is 0 Å². The van der Waals surface area contributed by atoms with Gasteiger partial charge in [0.05, 0.1) is 12.7 Å². The van der Waals surface area contributed by atoms with Crippen LogP contribution >= 0.6 is 0 Å². The molecule has 1 amide bonds. The summed E-state index contributed by atoms with van der Waals surface area (Å²) >= 11 is 0. The van der Waals surface area contributed by atoms with Gasteiger partial charge in [0.1, 0.15) is 11.5 Å². The van der Waals surface area contributed by atoms with Crippen LogP contribution in [0.4, 0.5) is 18.9 Å². The standard InChI is InChI=1S/C17H16F3NO3/c1-11(16(22)21-13-6-8-14(23-2)9-7-13)24-15-5-3-4-12(10-15)17(18,19)20/h3-11H,1-2H3,(H,21,22). The van der Waals surface area contributed by atoms with Gasteiger partial charge < -0.3 is 14.8 Å². The number of anilines is 1. The number of carbonyl (C=O) groups is 1. The minimum atomic E-state index is -4.46. The van der Waals surface area contributed by atoms with Crippen molar-refractivity contribution >= 4 is 11.6 Å². The van der Waals surface area contributed by atoms with E-state index in [-0.39, 0.29) is 5.75 Å². The summed E-state index contributed by atoms with van der Waals surface area (Å²) in [4.78, 5) is 12.1. The molecule has 1 unspecified atom stereocenters. The lowest BCUT2D eigenvalue weighted by Gasteiger charge is -2.16. The van der Waals surface area contributed by atoms with E-state index < -0.39 is 23.8 Å². The van der Waals surface area contributed by atoms with Crippen LogP contribution in [0.1, 0.15) is 12.5 Å². The molecule has 0 bridgehead atoms. The Labute approximate surface area is 137 Å². The van der Waals surface area contributed by atoms with Gasteiger partial charge >= 0.3 is 6.18 Å². The first-order chi connectivity index (χ1) is 11.3. The van der Waals surface area contributed by atoms with Crippen molar-refractivity contribution in [2.75, 3.05) is 12.4 Å². The van der Waals surface area contributed by atoms with Gasteiger partial charge in [0.15, 0.2) is 6.10 Å². The van der Waals surface area contributed by atoms with Crippen LogP contribution in [0, 0.1) is 0 Å². The molecule has 0 aliphatic rings. The smallest absolute Gasteiger partial charge is 0.416 e. The van der Waals surface area contributed by atoms with Crippen LogP contribution in [-0.2, 0) is 11.0 Å². The fraction of sp³-hybridized carbons (Fsp3) is 0.235. The van der Waals surface area contributed by atoms with Crippen LogP contribution in [0.3, 0.4) is 0 Å². The average Bonchev–Trinajstić information content (AvgIpc) is 2.55. The third kappa shape index (κ3) is 4.65. The first-order valence-electron chi connectivity index (χ1n) is 7.08. The molecule has 1 N–H and O–H groups in total. The molecule has 0 heterocycles. The number of nitrogens with one attached hydrogen (secondary N) is 1. The summed E-state index contributed by atoms with van der Waals surface area (Å²) in [5, 5.41) is 2.62. The monoisotopic (exact) mass is 339 g/mol. The highest BCUT2D eigenvalue weighted by atomic mass is 19.4. The van der Waals surface area contributed by atoms with E-state index in [0.717, 1.165) is 12.1 Å². The number of alkyl halides is 3. The Bertz CT molecular complexity index is 699. The lowest BCUT2D eigenvalue weighted by atomic mass is 10.2. The van der Waals surface area contributed by atoms with Gasteiger partial charge in [-0.25, -0.2) is 0 Å². The number of amides is 1. The van der Waals surface area contributed by atoms with Crippen molar-refractivity contribution in [3.8, 4) is 11.5 Å². The molecule has 2 rings (SSSR count). The lowest BCUT2D eigenvalue weighted by molar-refractivity contribution is -0.137. The van der Waals surface area contributed by atoms with Crippen molar-refractivity contribution in [2.45, 2.75) is 19.2 Å². The highest BCUT2D eigenvalue weighted by molar-refractivity contribution is 5.94. The van der Waals surface area contributed by atoms with Gasteiger partial charge in [-0.05, 0) is 49.4 Å². The zero-order chi connectivity index (χ0) is 17.7. The minimum Gasteiger partial charge on any atom is -0.497 e. The molecule has 0 radical (unpaired) electrons. The Morgan fingerprint density at radius 1 is 1.08 bits per heavy atom. The molecule has 4 nitrogen and oxygen atoms in total. The molecule has 2 aromatic rings. The van der Waals surface area contributed by atoms with Crippen LogP contribution in [0.25, 0.3) is 0 Å². The van der Waals surface area contributed by atoms with Crippen molar-refractivity contribution in [3.05, 3.63) is 54.1 Å². The second-order valence-electron chi connectivity index (χ2n) is 5.00. The quantitative estimate of drug-likeness (QED) is 0.891. The number of ether oxygens (including phenoxy) is 2. The van der Waals surface area contributed by atoms with Gasteiger partial charge in [0.25, 0.3) is 5.91 Å². The molecular weight excluding hydrogens is 323 g/mol. The molecule has 1 atom stereocenters. The number of benzene rings is 2. The number of halogens is 3. The Kier molecular flexibility index (Phi) is 5.33. The predicted octanol–water partition coefficient (Wildman–Crippen LogP) is 4.12. The van der Waals surface area contributed by atoms with Crippen LogP contribution in [0.5, 0.6) is 11.5 Å². The van der Waals surface area contributed by atoms with Crippen molar-refractivity contribution in [3.63, 3.8) is 0 Å². The summed E-state index contributed by atoms with van der Waals surface area (Å²) in [7, 11) is 1.53. The van der Waals surface area contributed by atoms with Crippen LogP contribution in [0.2, 0.25) is 0 Å². The van der Waals surface area contributed by atoms with E-state index in [1.54, 1.807) is 24.3 Å². The van der Waals surface area contributed by atoms with E-state index in [2.05, 4.69) is 5.32 Å². The zero-order valence-electron chi connectivity index (χ0n) is 13.1. The van der Waals surface area contributed by atoms with Gasteiger partial charge in [-0.3, -0.25) is 4.79 Å². The summed E-state index contributed by atoms with van der Waals surface area (Å²) in [5.74, 6) is 0.140. The van der Waals surface area contributed by atoms with E-state index in [4.69, 9.17) is 9.47 Å². The zero-order valence-corrected chi connectivity index (χ0v) is 13.1. The largest absolute Gasteiger partial charge is 0.497 e. The first-order valence-corrected chi connectivity index (χ1v) is 7.08. The Morgan fingerprint density at radius 3 is 2.33 bits per heavy atom. The van der Waals surface area contributed by atoms with Crippen LogP contribution in [-0.4, -0.2) is 19.1 Å². The Balaban J connectivity index is 2.00. The maximum atomic E-state index is 12.7. The summed E-state index contributed by atoms with van der Waals surface area (Å²) in [6.07, 6.45) is -5.43. The molecule has 0 aliphatic carbocycles. The molecule has 0 fully saturated rings. The molecule has 7 heteroatoms. The maximum absolute atomic E-state index is 12.7. The number of hydrogen-bond acceptors (Lipinski definition) is 3.